The number of aryl methyl sites for hydroxylation is 1. The average Bonchev–Trinajstić information content (AvgIpc) is 2.85. The van der Waals surface area contributed by atoms with Gasteiger partial charge in [-0.15, -0.1) is 12.4 Å². The second-order valence-electron chi connectivity index (χ2n) is 4.63. The summed E-state index contributed by atoms with van der Waals surface area (Å²) >= 11 is 0. The highest BCUT2D eigenvalue weighted by molar-refractivity contribution is 5.85. The number of hydrogen-bond acceptors (Lipinski definition) is 6. The summed E-state index contributed by atoms with van der Waals surface area (Å²) in [5.41, 5.74) is 6.53. The third kappa shape index (κ3) is 2.26. The predicted molar refractivity (Wildman–Crippen MR) is 65.3 cm³/mol. The van der Waals surface area contributed by atoms with Gasteiger partial charge in [0.25, 0.3) is 0 Å². The van der Waals surface area contributed by atoms with Gasteiger partial charge in [-0.1, -0.05) is 10.3 Å². The highest BCUT2D eigenvalue weighted by Crippen LogP contribution is 2.36. The van der Waals surface area contributed by atoms with Crippen molar-refractivity contribution in [1.82, 2.24) is 15.3 Å². The Morgan fingerprint density at radius 2 is 2.11 bits per heavy atom. The van der Waals surface area contributed by atoms with E-state index >= 15 is 0 Å². The van der Waals surface area contributed by atoms with Crippen LogP contribution < -0.4 is 5.73 Å². The van der Waals surface area contributed by atoms with E-state index in [-0.39, 0.29) is 17.9 Å². The third-order valence-electron chi connectivity index (χ3n) is 3.17. The first-order valence-electron chi connectivity index (χ1n) is 5.70. The van der Waals surface area contributed by atoms with Crippen molar-refractivity contribution in [3.05, 3.63) is 29.2 Å². The molecule has 98 valence electrons. The summed E-state index contributed by atoms with van der Waals surface area (Å²) in [7, 11) is 0. The van der Waals surface area contributed by atoms with E-state index in [2.05, 4.69) is 15.3 Å². The molecule has 2 N–H and O–H groups in total. The second-order valence-corrected chi connectivity index (χ2v) is 4.63. The third-order valence-corrected chi connectivity index (χ3v) is 3.17. The summed E-state index contributed by atoms with van der Waals surface area (Å²) in [6.07, 6.45) is 3.47. The van der Waals surface area contributed by atoms with Crippen LogP contribution >= 0.6 is 12.4 Å². The van der Waals surface area contributed by atoms with Crippen LogP contribution in [0.15, 0.2) is 15.1 Å². The Labute approximate surface area is 110 Å². The molecule has 6 nitrogen and oxygen atoms in total. The largest absolute Gasteiger partial charge is 0.361 e. The maximum absolute atomic E-state index is 6.12. The molecule has 1 aliphatic rings. The minimum Gasteiger partial charge on any atom is -0.361 e. The fourth-order valence-corrected chi connectivity index (χ4v) is 1.97. The van der Waals surface area contributed by atoms with Gasteiger partial charge >= 0.3 is 0 Å². The predicted octanol–water partition coefficient (Wildman–Crippen LogP) is 1.72. The van der Waals surface area contributed by atoms with E-state index in [4.69, 9.17) is 14.8 Å². The number of nitrogens with zero attached hydrogens (tertiary/aromatic N) is 3. The van der Waals surface area contributed by atoms with Crippen LogP contribution in [-0.4, -0.2) is 15.3 Å². The molecule has 3 rings (SSSR count). The molecule has 1 aliphatic carbocycles. The Hall–Kier alpha value is -1.40. The van der Waals surface area contributed by atoms with Crippen LogP contribution in [-0.2, 0) is 12.0 Å². The van der Waals surface area contributed by atoms with E-state index < -0.39 is 0 Å². The molecule has 0 bridgehead atoms. The lowest BCUT2D eigenvalue weighted by Crippen LogP contribution is -2.44. The molecule has 18 heavy (non-hydrogen) atoms. The molecule has 0 aliphatic heterocycles. The Kier molecular flexibility index (Phi) is 3.41. The Morgan fingerprint density at radius 1 is 1.33 bits per heavy atom. The van der Waals surface area contributed by atoms with Gasteiger partial charge in [-0.25, -0.2) is 0 Å². The molecular formula is C11H15ClN4O2. The van der Waals surface area contributed by atoms with Crippen molar-refractivity contribution in [1.29, 1.82) is 0 Å². The highest BCUT2D eigenvalue weighted by Gasteiger charge is 2.38. The molecule has 0 atom stereocenters. The molecule has 1 saturated carbocycles. The molecule has 2 aromatic heterocycles. The lowest BCUT2D eigenvalue weighted by atomic mass is 9.77. The van der Waals surface area contributed by atoms with Crippen molar-refractivity contribution < 1.29 is 9.05 Å². The van der Waals surface area contributed by atoms with Crippen molar-refractivity contribution in [2.24, 2.45) is 5.73 Å². The first kappa shape index (κ1) is 13.0. The Morgan fingerprint density at radius 3 is 2.67 bits per heavy atom. The molecular weight excluding hydrogens is 256 g/mol. The van der Waals surface area contributed by atoms with E-state index in [9.17, 15) is 0 Å². The number of nitrogens with two attached hydrogens (primary N) is 1. The quantitative estimate of drug-likeness (QED) is 0.913. The SMILES string of the molecule is Cc1cc(Cc2nc(C3(N)CCC3)no2)no1.Cl. The zero-order valence-electron chi connectivity index (χ0n) is 10.0. The van der Waals surface area contributed by atoms with E-state index in [1.165, 1.54) is 0 Å². The first-order chi connectivity index (χ1) is 8.16. The molecule has 0 amide bonds. The highest BCUT2D eigenvalue weighted by atomic mass is 35.5. The minimum absolute atomic E-state index is 0. The maximum Gasteiger partial charge on any atom is 0.232 e. The number of halogens is 1. The van der Waals surface area contributed by atoms with Gasteiger partial charge < -0.3 is 14.8 Å². The normalized spacial score (nSPS) is 17.0. The van der Waals surface area contributed by atoms with Crippen molar-refractivity contribution in [3.63, 3.8) is 0 Å². The van der Waals surface area contributed by atoms with Crippen LogP contribution in [0.1, 0.15) is 42.4 Å². The summed E-state index contributed by atoms with van der Waals surface area (Å²) in [5, 5.41) is 7.83. The first-order valence-corrected chi connectivity index (χ1v) is 5.70. The standard InChI is InChI=1S/C11H14N4O2.ClH/c1-7-5-8(14-16-7)6-9-13-10(15-17-9)11(12)3-2-4-11;/h5H,2-4,6,12H2,1H3;1H. The monoisotopic (exact) mass is 270 g/mol. The molecule has 0 spiro atoms. The van der Waals surface area contributed by atoms with Crippen LogP contribution in [0.2, 0.25) is 0 Å². The Bertz CT molecular complexity index is 533. The van der Waals surface area contributed by atoms with Gasteiger partial charge in [-0.2, -0.15) is 4.98 Å². The van der Waals surface area contributed by atoms with E-state index in [1.807, 2.05) is 13.0 Å². The van der Waals surface area contributed by atoms with Gasteiger partial charge in [-0.3, -0.25) is 0 Å². The van der Waals surface area contributed by atoms with Crippen LogP contribution in [0.3, 0.4) is 0 Å². The van der Waals surface area contributed by atoms with Crippen LogP contribution in [0, 0.1) is 6.92 Å². The zero-order chi connectivity index (χ0) is 11.9. The van der Waals surface area contributed by atoms with Crippen LogP contribution in [0.5, 0.6) is 0 Å². The van der Waals surface area contributed by atoms with Crippen molar-refractivity contribution in [2.75, 3.05) is 0 Å². The summed E-state index contributed by atoms with van der Waals surface area (Å²) < 4.78 is 10.2. The summed E-state index contributed by atoms with van der Waals surface area (Å²) in [4.78, 5) is 4.32. The molecule has 2 heterocycles. The summed E-state index contributed by atoms with van der Waals surface area (Å²) in [6, 6.07) is 1.85. The molecule has 2 aromatic rings. The van der Waals surface area contributed by atoms with Crippen LogP contribution in [0.4, 0.5) is 0 Å². The molecule has 0 unspecified atom stereocenters. The maximum atomic E-state index is 6.12. The average molecular weight is 271 g/mol. The smallest absolute Gasteiger partial charge is 0.232 e. The van der Waals surface area contributed by atoms with Gasteiger partial charge in [0.05, 0.1) is 17.7 Å². The zero-order valence-corrected chi connectivity index (χ0v) is 10.9. The number of aromatic nitrogens is 3. The van der Waals surface area contributed by atoms with Gasteiger partial charge in [0.2, 0.25) is 5.89 Å². The van der Waals surface area contributed by atoms with Crippen molar-refractivity contribution >= 4 is 12.4 Å². The van der Waals surface area contributed by atoms with Crippen molar-refractivity contribution in [3.8, 4) is 0 Å². The lowest BCUT2D eigenvalue weighted by molar-refractivity contribution is 0.229. The molecule has 7 heteroatoms. The molecule has 1 fully saturated rings. The van der Waals surface area contributed by atoms with Gasteiger partial charge in [0.15, 0.2) is 5.82 Å². The molecule has 0 saturated heterocycles. The van der Waals surface area contributed by atoms with Gasteiger partial charge in [-0.05, 0) is 26.2 Å². The van der Waals surface area contributed by atoms with Gasteiger partial charge in [0, 0.05) is 6.07 Å². The fourth-order valence-electron chi connectivity index (χ4n) is 1.97. The lowest BCUT2D eigenvalue weighted by Gasteiger charge is -2.34. The summed E-state index contributed by atoms with van der Waals surface area (Å²) in [5.74, 6) is 1.91. The Balaban J connectivity index is 0.00000120. The van der Waals surface area contributed by atoms with E-state index in [0.29, 0.717) is 18.1 Å². The van der Waals surface area contributed by atoms with Crippen LogP contribution in [0.25, 0.3) is 0 Å². The van der Waals surface area contributed by atoms with E-state index in [0.717, 1.165) is 30.7 Å². The molecule has 0 radical (unpaired) electrons. The van der Waals surface area contributed by atoms with Gasteiger partial charge in [0.1, 0.15) is 5.76 Å². The van der Waals surface area contributed by atoms with Crippen molar-refractivity contribution in [2.45, 2.75) is 38.1 Å². The summed E-state index contributed by atoms with van der Waals surface area (Å²) in [6.45, 7) is 1.85. The topological polar surface area (TPSA) is 91.0 Å². The second kappa shape index (κ2) is 4.70. The number of hydrogen-bond donors (Lipinski definition) is 1. The minimum atomic E-state index is -0.374. The van der Waals surface area contributed by atoms with E-state index in [1.54, 1.807) is 0 Å². The number of rotatable bonds is 3. The fraction of sp³-hybridized carbons (Fsp3) is 0.545. The molecule has 0 aromatic carbocycles.